The number of nitrogens with one attached hydrogen (secondary N) is 1. The minimum atomic E-state index is 0.182. The van der Waals surface area contributed by atoms with E-state index in [9.17, 15) is 4.79 Å². The maximum Gasteiger partial charge on any atom is 0.236 e. The Balaban J connectivity index is 1.82. The largest absolute Gasteiger partial charge is 0.342 e. The molecule has 0 unspecified atom stereocenters. The third kappa shape index (κ3) is 3.56. The zero-order chi connectivity index (χ0) is 13.1. The van der Waals surface area contributed by atoms with Crippen LogP contribution in [0.4, 0.5) is 0 Å². The smallest absolute Gasteiger partial charge is 0.236 e. The van der Waals surface area contributed by atoms with Crippen LogP contribution in [-0.4, -0.2) is 30.4 Å². The van der Waals surface area contributed by atoms with Crippen molar-refractivity contribution in [2.75, 3.05) is 13.6 Å². The van der Waals surface area contributed by atoms with Crippen LogP contribution in [0.5, 0.6) is 0 Å². The summed E-state index contributed by atoms with van der Waals surface area (Å²) in [6.07, 6.45) is 2.31. The minimum absolute atomic E-state index is 0.182. The molecule has 98 valence electrons. The van der Waals surface area contributed by atoms with Gasteiger partial charge in [0, 0.05) is 23.6 Å². The molecule has 0 aromatic heterocycles. The van der Waals surface area contributed by atoms with Crippen LogP contribution in [0.2, 0.25) is 0 Å². The van der Waals surface area contributed by atoms with E-state index in [2.05, 4.69) is 40.3 Å². The van der Waals surface area contributed by atoms with E-state index in [1.807, 2.05) is 24.1 Å². The molecule has 0 bridgehead atoms. The number of amides is 1. The molecule has 1 atom stereocenters. The summed E-state index contributed by atoms with van der Waals surface area (Å²) in [6, 6.07) is 8.85. The van der Waals surface area contributed by atoms with Gasteiger partial charge in [0.25, 0.3) is 0 Å². The Morgan fingerprint density at radius 3 is 2.61 bits per heavy atom. The van der Waals surface area contributed by atoms with Crippen molar-refractivity contribution in [1.29, 1.82) is 0 Å². The van der Waals surface area contributed by atoms with Gasteiger partial charge in [-0.3, -0.25) is 4.79 Å². The highest BCUT2D eigenvalue weighted by atomic mass is 79.9. The number of hydrogen-bond acceptors (Lipinski definition) is 2. The van der Waals surface area contributed by atoms with Gasteiger partial charge in [0.1, 0.15) is 0 Å². The highest BCUT2D eigenvalue weighted by Gasteiger charge is 2.29. The van der Waals surface area contributed by atoms with Crippen LogP contribution in [0.1, 0.15) is 31.4 Å². The first-order valence-electron chi connectivity index (χ1n) is 6.32. The fourth-order valence-electron chi connectivity index (χ4n) is 1.90. The zero-order valence-corrected chi connectivity index (χ0v) is 12.4. The first-order chi connectivity index (χ1) is 8.58. The van der Waals surface area contributed by atoms with E-state index >= 15 is 0 Å². The Morgan fingerprint density at radius 1 is 1.44 bits per heavy atom. The quantitative estimate of drug-likeness (QED) is 0.907. The molecule has 1 aliphatic carbocycles. The normalized spacial score (nSPS) is 16.4. The van der Waals surface area contributed by atoms with E-state index in [-0.39, 0.29) is 11.9 Å². The highest BCUT2D eigenvalue weighted by Crippen LogP contribution is 2.25. The summed E-state index contributed by atoms with van der Waals surface area (Å²) in [5.41, 5.74) is 1.19. The molecule has 0 heterocycles. The van der Waals surface area contributed by atoms with E-state index in [0.717, 1.165) is 17.3 Å². The number of carbonyl (C=O) groups excluding carboxylic acids is 1. The van der Waals surface area contributed by atoms with Gasteiger partial charge in [0.15, 0.2) is 0 Å². The van der Waals surface area contributed by atoms with Gasteiger partial charge >= 0.3 is 0 Å². The Morgan fingerprint density at radius 2 is 2.06 bits per heavy atom. The minimum Gasteiger partial charge on any atom is -0.342 e. The number of rotatable bonds is 5. The van der Waals surface area contributed by atoms with Crippen molar-refractivity contribution in [1.82, 2.24) is 10.2 Å². The average molecular weight is 311 g/mol. The van der Waals surface area contributed by atoms with E-state index in [1.54, 1.807) is 0 Å². The maximum atomic E-state index is 11.9. The Kier molecular flexibility index (Phi) is 4.40. The summed E-state index contributed by atoms with van der Waals surface area (Å²) in [5.74, 6) is 0.182. The summed E-state index contributed by atoms with van der Waals surface area (Å²) in [4.78, 5) is 13.7. The van der Waals surface area contributed by atoms with Gasteiger partial charge in [0.05, 0.1) is 6.54 Å². The van der Waals surface area contributed by atoms with Gasteiger partial charge in [-0.15, -0.1) is 0 Å². The molecule has 1 fully saturated rings. The molecule has 3 nitrogen and oxygen atoms in total. The lowest BCUT2D eigenvalue weighted by molar-refractivity contribution is -0.129. The second-order valence-electron chi connectivity index (χ2n) is 4.89. The van der Waals surface area contributed by atoms with Crippen molar-refractivity contribution >= 4 is 21.8 Å². The van der Waals surface area contributed by atoms with Gasteiger partial charge in [-0.1, -0.05) is 28.1 Å². The maximum absolute atomic E-state index is 11.9. The molecule has 18 heavy (non-hydrogen) atoms. The number of hydrogen-bond donors (Lipinski definition) is 1. The van der Waals surface area contributed by atoms with E-state index in [1.165, 1.54) is 5.56 Å². The number of carbonyl (C=O) groups is 1. The van der Waals surface area contributed by atoms with Crippen LogP contribution in [0.3, 0.4) is 0 Å². The Labute approximate surface area is 117 Å². The molecular weight excluding hydrogens is 292 g/mol. The van der Waals surface area contributed by atoms with Crippen LogP contribution in [0.25, 0.3) is 0 Å². The lowest BCUT2D eigenvalue weighted by Crippen LogP contribution is -2.37. The fourth-order valence-corrected chi connectivity index (χ4v) is 2.16. The van der Waals surface area contributed by atoms with Crippen molar-refractivity contribution < 1.29 is 4.79 Å². The van der Waals surface area contributed by atoms with Gasteiger partial charge in [-0.2, -0.15) is 0 Å². The molecule has 1 saturated carbocycles. The first-order valence-corrected chi connectivity index (χ1v) is 7.11. The molecule has 0 aliphatic heterocycles. The summed E-state index contributed by atoms with van der Waals surface area (Å²) in [7, 11) is 1.89. The lowest BCUT2D eigenvalue weighted by Gasteiger charge is -2.19. The molecule has 1 N–H and O–H groups in total. The second kappa shape index (κ2) is 5.85. The Bertz CT molecular complexity index is 414. The van der Waals surface area contributed by atoms with Crippen LogP contribution in [0.15, 0.2) is 28.7 Å². The zero-order valence-electron chi connectivity index (χ0n) is 10.8. The summed E-state index contributed by atoms with van der Waals surface area (Å²) in [6.45, 7) is 2.48. The second-order valence-corrected chi connectivity index (χ2v) is 5.81. The number of likely N-dealkylation sites (N-methyl/N-ethyl adjacent to an activating group) is 1. The van der Waals surface area contributed by atoms with Gasteiger partial charge in [0.2, 0.25) is 5.91 Å². The Hall–Kier alpha value is -0.870. The van der Waals surface area contributed by atoms with Crippen molar-refractivity contribution in [3.63, 3.8) is 0 Å². The molecule has 4 heteroatoms. The topological polar surface area (TPSA) is 32.3 Å². The predicted molar refractivity (Wildman–Crippen MR) is 76.4 cm³/mol. The molecule has 0 spiro atoms. The third-order valence-electron chi connectivity index (χ3n) is 3.42. The van der Waals surface area contributed by atoms with Crippen LogP contribution in [-0.2, 0) is 4.79 Å². The number of nitrogens with zero attached hydrogens (tertiary/aromatic N) is 1. The fraction of sp³-hybridized carbons (Fsp3) is 0.500. The van der Waals surface area contributed by atoms with E-state index < -0.39 is 0 Å². The summed E-state index contributed by atoms with van der Waals surface area (Å²) < 4.78 is 1.07. The summed E-state index contributed by atoms with van der Waals surface area (Å²) in [5, 5.41) is 3.28. The third-order valence-corrected chi connectivity index (χ3v) is 3.95. The van der Waals surface area contributed by atoms with Gasteiger partial charge in [-0.25, -0.2) is 0 Å². The molecule has 1 aromatic carbocycles. The van der Waals surface area contributed by atoms with Crippen molar-refractivity contribution in [3.05, 3.63) is 34.3 Å². The molecule has 2 rings (SSSR count). The highest BCUT2D eigenvalue weighted by molar-refractivity contribution is 9.10. The molecule has 1 amide bonds. The van der Waals surface area contributed by atoms with Crippen molar-refractivity contribution in [2.24, 2.45) is 0 Å². The van der Waals surface area contributed by atoms with Crippen LogP contribution in [0, 0.1) is 0 Å². The first kappa shape index (κ1) is 13.6. The van der Waals surface area contributed by atoms with Crippen molar-refractivity contribution in [2.45, 2.75) is 31.8 Å². The standard InChI is InChI=1S/C14H19BrN2O/c1-10(11-3-5-12(15)6-4-11)16-9-14(18)17(2)13-7-8-13/h3-6,10,13,16H,7-9H2,1-2H3/t10-/m0/s1. The molecule has 1 aliphatic rings. The van der Waals surface area contributed by atoms with E-state index in [4.69, 9.17) is 0 Å². The molecule has 0 saturated heterocycles. The number of halogens is 1. The predicted octanol–water partition coefficient (Wildman–Crippen LogP) is 2.72. The monoisotopic (exact) mass is 310 g/mol. The number of benzene rings is 1. The molecule has 1 aromatic rings. The molecule has 0 radical (unpaired) electrons. The van der Waals surface area contributed by atoms with Gasteiger partial charge < -0.3 is 10.2 Å². The molecular formula is C14H19BrN2O. The van der Waals surface area contributed by atoms with Crippen LogP contribution < -0.4 is 5.32 Å². The lowest BCUT2D eigenvalue weighted by atomic mass is 10.1. The average Bonchev–Trinajstić information content (AvgIpc) is 3.19. The summed E-state index contributed by atoms with van der Waals surface area (Å²) >= 11 is 3.42. The van der Waals surface area contributed by atoms with Gasteiger partial charge in [-0.05, 0) is 37.5 Å². The van der Waals surface area contributed by atoms with E-state index in [0.29, 0.717) is 12.6 Å². The van der Waals surface area contributed by atoms with Crippen LogP contribution >= 0.6 is 15.9 Å². The SMILES string of the molecule is C[C@H](NCC(=O)N(C)C1CC1)c1ccc(Br)cc1. The van der Waals surface area contributed by atoms with Crippen molar-refractivity contribution in [3.8, 4) is 0 Å².